The van der Waals surface area contributed by atoms with Crippen LogP contribution in [-0.2, 0) is 9.53 Å². The van der Waals surface area contributed by atoms with E-state index in [-0.39, 0.29) is 0 Å². The van der Waals surface area contributed by atoms with E-state index in [4.69, 9.17) is 4.74 Å². The van der Waals surface area contributed by atoms with E-state index >= 15 is 0 Å². The van der Waals surface area contributed by atoms with Crippen molar-refractivity contribution in [2.24, 2.45) is 0 Å². The summed E-state index contributed by atoms with van der Waals surface area (Å²) in [5, 5.41) is 0. The van der Waals surface area contributed by atoms with Gasteiger partial charge in [0.05, 0.1) is 0 Å². The van der Waals surface area contributed by atoms with E-state index in [0.717, 1.165) is 32.3 Å². The summed E-state index contributed by atoms with van der Waals surface area (Å²) in [6.07, 6.45) is 14.2. The first kappa shape index (κ1) is 16.7. The van der Waals surface area contributed by atoms with Crippen LogP contribution in [0.15, 0.2) is 0 Å². The molecule has 1 saturated heterocycles. The minimum absolute atomic E-state index is 0.332. The molecular formula is C17H32O2. The van der Waals surface area contributed by atoms with Crippen molar-refractivity contribution >= 4 is 5.78 Å². The Morgan fingerprint density at radius 2 is 1.63 bits per heavy atom. The summed E-state index contributed by atoms with van der Waals surface area (Å²) in [5.41, 5.74) is -0.459. The van der Waals surface area contributed by atoms with Crippen molar-refractivity contribution < 1.29 is 9.53 Å². The standard InChI is InChI=1S/C17H32O2/c1-3-4-5-6-7-8-9-10-13-16(18)17(2)14-11-12-15-19-17/h3-15H2,1-2H3. The molecular weight excluding hydrogens is 236 g/mol. The summed E-state index contributed by atoms with van der Waals surface area (Å²) in [6, 6.07) is 0. The minimum atomic E-state index is -0.459. The van der Waals surface area contributed by atoms with Crippen molar-refractivity contribution in [1.29, 1.82) is 0 Å². The fourth-order valence-electron chi connectivity index (χ4n) is 2.84. The second-order valence-electron chi connectivity index (χ2n) is 6.18. The quantitative estimate of drug-likeness (QED) is 0.518. The van der Waals surface area contributed by atoms with Crippen LogP contribution >= 0.6 is 0 Å². The van der Waals surface area contributed by atoms with Crippen molar-refractivity contribution in [3.63, 3.8) is 0 Å². The topological polar surface area (TPSA) is 26.3 Å². The number of unbranched alkanes of at least 4 members (excludes halogenated alkanes) is 7. The van der Waals surface area contributed by atoms with E-state index in [0.29, 0.717) is 12.2 Å². The monoisotopic (exact) mass is 268 g/mol. The number of ketones is 1. The maximum Gasteiger partial charge on any atom is 0.164 e. The Hall–Kier alpha value is -0.370. The predicted molar refractivity (Wildman–Crippen MR) is 80.4 cm³/mol. The molecule has 2 heteroatoms. The highest BCUT2D eigenvalue weighted by molar-refractivity contribution is 5.86. The Labute approximate surface area is 119 Å². The zero-order valence-electron chi connectivity index (χ0n) is 13.0. The Bertz CT molecular complexity index is 242. The molecule has 0 aromatic rings. The molecule has 19 heavy (non-hydrogen) atoms. The first-order valence-electron chi connectivity index (χ1n) is 8.36. The number of hydrogen-bond donors (Lipinski definition) is 0. The highest BCUT2D eigenvalue weighted by atomic mass is 16.5. The van der Waals surface area contributed by atoms with Gasteiger partial charge in [-0.05, 0) is 32.6 Å². The van der Waals surface area contributed by atoms with Gasteiger partial charge in [0.2, 0.25) is 0 Å². The molecule has 1 aliphatic rings. The van der Waals surface area contributed by atoms with Gasteiger partial charge in [-0.3, -0.25) is 4.79 Å². The van der Waals surface area contributed by atoms with Crippen LogP contribution in [0.1, 0.15) is 90.9 Å². The Kier molecular flexibility index (Phi) is 8.36. The minimum Gasteiger partial charge on any atom is -0.368 e. The number of carbonyl (C=O) groups excluding carboxylic acids is 1. The zero-order valence-corrected chi connectivity index (χ0v) is 13.0. The van der Waals surface area contributed by atoms with E-state index in [2.05, 4.69) is 6.92 Å². The van der Waals surface area contributed by atoms with E-state index in [1.807, 2.05) is 6.92 Å². The maximum absolute atomic E-state index is 12.2. The number of Topliss-reactive ketones (excluding diaryl/α,β-unsaturated/α-hetero) is 1. The molecule has 0 amide bonds. The van der Waals surface area contributed by atoms with Crippen LogP contribution in [0.5, 0.6) is 0 Å². The van der Waals surface area contributed by atoms with Crippen LogP contribution in [0.4, 0.5) is 0 Å². The smallest absolute Gasteiger partial charge is 0.164 e. The molecule has 1 rings (SSSR count). The van der Waals surface area contributed by atoms with Crippen LogP contribution in [-0.4, -0.2) is 18.0 Å². The predicted octanol–water partition coefficient (Wildman–Crippen LogP) is 5.05. The Morgan fingerprint density at radius 1 is 1.00 bits per heavy atom. The second kappa shape index (κ2) is 9.52. The molecule has 1 aliphatic heterocycles. The lowest BCUT2D eigenvalue weighted by Crippen LogP contribution is -2.41. The van der Waals surface area contributed by atoms with Gasteiger partial charge in [-0.25, -0.2) is 0 Å². The van der Waals surface area contributed by atoms with Gasteiger partial charge in [0, 0.05) is 13.0 Å². The molecule has 1 unspecified atom stereocenters. The third-order valence-electron chi connectivity index (χ3n) is 4.32. The van der Waals surface area contributed by atoms with Crippen LogP contribution in [0.3, 0.4) is 0 Å². The Morgan fingerprint density at radius 3 is 2.21 bits per heavy atom. The van der Waals surface area contributed by atoms with Gasteiger partial charge in [0.15, 0.2) is 5.78 Å². The summed E-state index contributed by atoms with van der Waals surface area (Å²) in [5.74, 6) is 0.332. The van der Waals surface area contributed by atoms with Gasteiger partial charge in [0.25, 0.3) is 0 Å². The van der Waals surface area contributed by atoms with Crippen LogP contribution in [0.2, 0.25) is 0 Å². The molecule has 0 N–H and O–H groups in total. The number of ether oxygens (including phenoxy) is 1. The molecule has 0 aliphatic carbocycles. The summed E-state index contributed by atoms with van der Waals surface area (Å²) >= 11 is 0. The van der Waals surface area contributed by atoms with Gasteiger partial charge >= 0.3 is 0 Å². The van der Waals surface area contributed by atoms with Gasteiger partial charge in [-0.2, -0.15) is 0 Å². The number of hydrogen-bond acceptors (Lipinski definition) is 2. The van der Waals surface area contributed by atoms with E-state index < -0.39 is 5.60 Å². The van der Waals surface area contributed by atoms with Crippen LogP contribution in [0.25, 0.3) is 0 Å². The van der Waals surface area contributed by atoms with Gasteiger partial charge < -0.3 is 4.74 Å². The fourth-order valence-corrected chi connectivity index (χ4v) is 2.84. The third kappa shape index (κ3) is 6.56. The first-order chi connectivity index (χ1) is 9.19. The Balaban J connectivity index is 2.01. The first-order valence-corrected chi connectivity index (χ1v) is 8.36. The van der Waals surface area contributed by atoms with Gasteiger partial charge in [-0.1, -0.05) is 51.9 Å². The molecule has 0 saturated carbocycles. The molecule has 1 heterocycles. The zero-order chi connectivity index (χ0) is 14.0. The van der Waals surface area contributed by atoms with Crippen molar-refractivity contribution in [3.8, 4) is 0 Å². The van der Waals surface area contributed by atoms with Crippen molar-refractivity contribution in [2.45, 2.75) is 96.5 Å². The van der Waals surface area contributed by atoms with Crippen molar-refractivity contribution in [2.75, 3.05) is 6.61 Å². The molecule has 1 atom stereocenters. The largest absolute Gasteiger partial charge is 0.368 e. The lowest BCUT2D eigenvalue weighted by atomic mass is 9.89. The maximum atomic E-state index is 12.2. The summed E-state index contributed by atoms with van der Waals surface area (Å²) in [7, 11) is 0. The van der Waals surface area contributed by atoms with Crippen LogP contribution in [0, 0.1) is 0 Å². The molecule has 0 aromatic heterocycles. The highest BCUT2D eigenvalue weighted by Crippen LogP contribution is 2.27. The average Bonchev–Trinajstić information content (AvgIpc) is 2.42. The fraction of sp³-hybridized carbons (Fsp3) is 0.941. The van der Waals surface area contributed by atoms with Gasteiger partial charge in [0.1, 0.15) is 5.60 Å². The van der Waals surface area contributed by atoms with Crippen molar-refractivity contribution in [1.82, 2.24) is 0 Å². The average molecular weight is 268 g/mol. The SMILES string of the molecule is CCCCCCCCCCC(=O)C1(C)CCCCO1. The molecule has 2 nitrogen and oxygen atoms in total. The molecule has 112 valence electrons. The molecule has 0 bridgehead atoms. The number of rotatable bonds is 10. The lowest BCUT2D eigenvalue weighted by Gasteiger charge is -2.32. The second-order valence-corrected chi connectivity index (χ2v) is 6.18. The lowest BCUT2D eigenvalue weighted by molar-refractivity contribution is -0.148. The van der Waals surface area contributed by atoms with Crippen LogP contribution < -0.4 is 0 Å². The molecule has 0 aromatic carbocycles. The third-order valence-corrected chi connectivity index (χ3v) is 4.32. The molecule has 0 radical (unpaired) electrons. The highest BCUT2D eigenvalue weighted by Gasteiger charge is 2.34. The molecule has 1 fully saturated rings. The summed E-state index contributed by atoms with van der Waals surface area (Å²) < 4.78 is 5.70. The van der Waals surface area contributed by atoms with Crippen molar-refractivity contribution in [3.05, 3.63) is 0 Å². The number of carbonyl (C=O) groups is 1. The summed E-state index contributed by atoms with van der Waals surface area (Å²) in [6.45, 7) is 5.00. The summed E-state index contributed by atoms with van der Waals surface area (Å²) in [4.78, 5) is 12.2. The van der Waals surface area contributed by atoms with E-state index in [1.54, 1.807) is 0 Å². The van der Waals surface area contributed by atoms with E-state index in [1.165, 1.54) is 44.9 Å². The molecule has 0 spiro atoms. The van der Waals surface area contributed by atoms with E-state index in [9.17, 15) is 4.79 Å². The van der Waals surface area contributed by atoms with Gasteiger partial charge in [-0.15, -0.1) is 0 Å². The normalized spacial score (nSPS) is 23.5.